The second-order valence-electron chi connectivity index (χ2n) is 31.7. The van der Waals surface area contributed by atoms with Crippen molar-refractivity contribution in [2.75, 3.05) is 19.6 Å². The zero-order chi connectivity index (χ0) is 73.1. The van der Waals surface area contributed by atoms with Crippen LogP contribution in [0.25, 0.3) is 66.8 Å². The van der Waals surface area contributed by atoms with E-state index in [1.807, 2.05) is 0 Å². The molecule has 15 aromatic rings. The van der Waals surface area contributed by atoms with Gasteiger partial charge >= 0.3 is 0 Å². The Morgan fingerprint density at radius 2 is 0.411 bits per heavy atom. The van der Waals surface area contributed by atoms with Crippen molar-refractivity contribution in [2.24, 2.45) is 0 Å². The highest BCUT2D eigenvalue weighted by Gasteiger charge is 2.49. The lowest BCUT2D eigenvalue weighted by Crippen LogP contribution is -2.62. The molecule has 2 aliphatic heterocycles. The summed E-state index contributed by atoms with van der Waals surface area (Å²) in [5.74, 6) is 0. The maximum Gasteiger partial charge on any atom is 0.253 e. The van der Waals surface area contributed by atoms with Gasteiger partial charge in [0, 0.05) is 79.1 Å². The topological polar surface area (TPSA) is 13.0 Å². The van der Waals surface area contributed by atoms with Crippen molar-refractivity contribution in [3.8, 4) is 66.8 Å². The quantitative estimate of drug-likeness (QED) is 0.101. The van der Waals surface area contributed by atoms with Gasteiger partial charge in [-0.25, -0.2) is 0 Å². The monoisotopic (exact) mass is 1380 g/mol. The summed E-state index contributed by atoms with van der Waals surface area (Å²) >= 11 is 0. The Kier molecular flexibility index (Phi) is 17.4. The molecule has 17 rings (SSSR count). The minimum absolute atomic E-state index is 0.232. The van der Waals surface area contributed by atoms with E-state index < -0.39 is 6.71 Å². The molecule has 0 N–H and O–H groups in total. The molecule has 107 heavy (non-hydrogen) atoms. The third kappa shape index (κ3) is 12.6. The van der Waals surface area contributed by atoms with Crippen LogP contribution in [0.3, 0.4) is 0 Å². The largest absolute Gasteiger partial charge is 0.310 e. The fourth-order valence-electron chi connectivity index (χ4n) is 16.3. The second-order valence-corrected chi connectivity index (χ2v) is 31.7. The Bertz CT molecular complexity index is 5170. The van der Waals surface area contributed by atoms with E-state index in [9.17, 15) is 0 Å². The number of rotatable bonds is 14. The summed E-state index contributed by atoms with van der Waals surface area (Å²) in [5, 5.41) is 0. The van der Waals surface area contributed by atoms with Crippen molar-refractivity contribution >= 4 is 91.3 Å². The molecule has 15 aromatic carbocycles. The van der Waals surface area contributed by atoms with Crippen LogP contribution in [0.1, 0.15) is 79.0 Å². The Balaban J connectivity index is 1.14. The maximum absolute atomic E-state index is 2.76. The van der Waals surface area contributed by atoms with Crippen molar-refractivity contribution in [3.63, 3.8) is 0 Å². The van der Waals surface area contributed by atoms with Crippen LogP contribution < -0.4 is 36.0 Å². The number of hydrogen-bond donors (Lipinski definition) is 0. The average molecular weight is 1380 g/mol. The first kappa shape index (κ1) is 67.7. The molecule has 518 valence electrons. The summed E-state index contributed by atoms with van der Waals surface area (Å²) < 4.78 is 0. The van der Waals surface area contributed by atoms with Gasteiger partial charge in [0.15, 0.2) is 0 Å². The summed E-state index contributed by atoms with van der Waals surface area (Å²) in [5.41, 5.74) is 33.0. The Hall–Kier alpha value is -12.4. The van der Waals surface area contributed by atoms with E-state index in [1.165, 1.54) is 33.1 Å². The van der Waals surface area contributed by atoms with Gasteiger partial charge in [-0.15, -0.1) is 0 Å². The lowest BCUT2D eigenvalue weighted by Gasteiger charge is -2.48. The Morgan fingerprint density at radius 1 is 0.206 bits per heavy atom. The van der Waals surface area contributed by atoms with Crippen molar-refractivity contribution in [3.05, 3.63) is 381 Å². The molecule has 0 bridgehead atoms. The third-order valence-corrected chi connectivity index (χ3v) is 21.6. The second kappa shape index (κ2) is 27.6. The van der Waals surface area contributed by atoms with Crippen molar-refractivity contribution in [1.82, 2.24) is 0 Å². The van der Waals surface area contributed by atoms with Gasteiger partial charge in [-0.1, -0.05) is 317 Å². The fourth-order valence-corrected chi connectivity index (χ4v) is 16.3. The number of benzene rings is 15. The number of para-hydroxylation sites is 4. The predicted octanol–water partition coefficient (Wildman–Crippen LogP) is 26.6. The zero-order valence-electron chi connectivity index (χ0n) is 62.5. The number of nitrogens with zero attached hydrogens (tertiary/aromatic N) is 4. The molecule has 0 saturated heterocycles. The third-order valence-electron chi connectivity index (χ3n) is 21.6. The van der Waals surface area contributed by atoms with Crippen LogP contribution in [0.4, 0.5) is 68.2 Å². The van der Waals surface area contributed by atoms with Crippen molar-refractivity contribution < 1.29 is 0 Å². The number of hydrogen-bond acceptors (Lipinski definition) is 4. The van der Waals surface area contributed by atoms with Gasteiger partial charge in [-0.2, -0.15) is 0 Å². The standard InChI is InChI=1S/C102H87BN4/c1-100(2,3)76-60-87(72-44-24-12-25-45-72)98(88(61-76)73-46-26-13-27-47-73)106-91-64-78(102(7,8)9)65-92-97(91)103(95-85(70-40-20-10-21-41-70)66-83(68-93(95)106)104(79-52-32-16-33-53-79)80-54-34-17-35-55-80)96-86(71-42-22-11-23-43-71)67-84(105(81-56-36-18-37-57-81)82-58-38-19-39-59-82)69-94(96)107(92)99-89(74-48-28-14-29-49-74)62-77(101(4,5)6)63-90(99)75-50-30-15-31-51-75/h10-69H,1-9H3. The highest BCUT2D eigenvalue weighted by molar-refractivity contribution is 7.02. The van der Waals surface area contributed by atoms with E-state index >= 15 is 0 Å². The fraction of sp³-hybridized carbons (Fsp3) is 0.118. The first-order chi connectivity index (χ1) is 52.0. The van der Waals surface area contributed by atoms with Gasteiger partial charge in [0.2, 0.25) is 0 Å². The van der Waals surface area contributed by atoms with Gasteiger partial charge in [-0.3, -0.25) is 0 Å². The summed E-state index contributed by atoms with van der Waals surface area (Å²) in [4.78, 5) is 10.4. The van der Waals surface area contributed by atoms with Crippen LogP contribution >= 0.6 is 0 Å². The van der Waals surface area contributed by atoms with E-state index in [0.717, 1.165) is 135 Å². The molecule has 0 atom stereocenters. The summed E-state index contributed by atoms with van der Waals surface area (Å²) in [6.07, 6.45) is 0. The molecule has 0 radical (unpaired) electrons. The SMILES string of the molecule is CC(C)(C)c1cc(-c2ccccc2)c(N2c3cc(N(c4ccccc4)c4ccccc4)cc(-c4ccccc4)c3B3c4c(-c5ccccc5)cc(N(c5ccccc5)c5ccccc5)cc4N(c4c(-c5ccccc5)cc(C(C)(C)C)cc4-c4ccccc4)c4cc(C(C)(C)C)cc2c43)c(-c2ccccc2)c1. The summed E-state index contributed by atoms with van der Waals surface area (Å²) in [7, 11) is 0. The lowest BCUT2D eigenvalue weighted by molar-refractivity contribution is 0.590. The van der Waals surface area contributed by atoms with Crippen LogP contribution in [0.2, 0.25) is 0 Å². The molecule has 0 amide bonds. The minimum Gasteiger partial charge on any atom is -0.310 e. The molecule has 0 aromatic heterocycles. The molecule has 0 saturated carbocycles. The smallest absolute Gasteiger partial charge is 0.253 e. The van der Waals surface area contributed by atoms with Gasteiger partial charge in [0.25, 0.3) is 6.71 Å². The molecular weight excluding hydrogens is 1290 g/mol. The normalized spacial score (nSPS) is 12.5. The first-order valence-corrected chi connectivity index (χ1v) is 37.7. The highest BCUT2D eigenvalue weighted by atomic mass is 15.2. The van der Waals surface area contributed by atoms with Crippen LogP contribution in [-0.4, -0.2) is 6.71 Å². The molecule has 2 heterocycles. The Morgan fingerprint density at radius 3 is 0.645 bits per heavy atom. The van der Waals surface area contributed by atoms with Gasteiger partial charge in [0.05, 0.1) is 11.4 Å². The molecule has 0 fully saturated rings. The molecule has 0 spiro atoms. The molecule has 4 nitrogen and oxygen atoms in total. The summed E-state index contributed by atoms with van der Waals surface area (Å²) in [6, 6.07) is 137. The molecular formula is C102H87BN4. The lowest BCUT2D eigenvalue weighted by atomic mass is 9.31. The van der Waals surface area contributed by atoms with Crippen molar-refractivity contribution in [2.45, 2.75) is 78.6 Å². The first-order valence-electron chi connectivity index (χ1n) is 37.7. The molecule has 0 unspecified atom stereocenters. The van der Waals surface area contributed by atoms with Gasteiger partial charge in [-0.05, 0) is 203 Å². The van der Waals surface area contributed by atoms with Crippen LogP contribution in [0.5, 0.6) is 0 Å². The van der Waals surface area contributed by atoms with Crippen LogP contribution in [0.15, 0.2) is 364 Å². The van der Waals surface area contributed by atoms with Gasteiger partial charge < -0.3 is 19.6 Å². The van der Waals surface area contributed by atoms with Crippen LogP contribution in [-0.2, 0) is 16.2 Å². The van der Waals surface area contributed by atoms with E-state index in [4.69, 9.17) is 0 Å². The van der Waals surface area contributed by atoms with E-state index in [-0.39, 0.29) is 16.2 Å². The van der Waals surface area contributed by atoms with E-state index in [1.54, 1.807) is 0 Å². The van der Waals surface area contributed by atoms with E-state index in [2.05, 4.69) is 446 Å². The van der Waals surface area contributed by atoms with E-state index in [0.29, 0.717) is 0 Å². The number of fused-ring (bicyclic) bond motifs is 4. The highest BCUT2D eigenvalue weighted by Crippen LogP contribution is 2.58. The average Bonchev–Trinajstić information content (AvgIpc) is 0.677. The molecule has 5 heteroatoms. The zero-order valence-corrected chi connectivity index (χ0v) is 62.5. The Labute approximate surface area is 632 Å². The number of anilines is 12. The minimum atomic E-state index is -0.410. The van der Waals surface area contributed by atoms with Gasteiger partial charge in [0.1, 0.15) is 0 Å². The van der Waals surface area contributed by atoms with Crippen molar-refractivity contribution in [1.29, 1.82) is 0 Å². The summed E-state index contributed by atoms with van der Waals surface area (Å²) in [6.45, 7) is 21.0. The van der Waals surface area contributed by atoms with Crippen LogP contribution in [0, 0.1) is 0 Å². The molecule has 0 aliphatic carbocycles. The molecule has 2 aliphatic rings. The predicted molar refractivity (Wildman–Crippen MR) is 459 cm³/mol. The maximum atomic E-state index is 2.76.